The Labute approximate surface area is 135 Å². The molecule has 1 aliphatic rings. The van der Waals surface area contributed by atoms with Crippen molar-refractivity contribution in [2.45, 2.75) is 31.9 Å². The first-order valence-electron chi connectivity index (χ1n) is 7.91. The molecule has 1 atom stereocenters. The number of anilines is 1. The third kappa shape index (κ3) is 4.82. The number of amides is 1. The van der Waals surface area contributed by atoms with Gasteiger partial charge in [-0.05, 0) is 31.4 Å². The Kier molecular flexibility index (Phi) is 5.26. The second-order valence-electron chi connectivity index (χ2n) is 5.59. The van der Waals surface area contributed by atoms with Gasteiger partial charge < -0.3 is 14.8 Å². The summed E-state index contributed by atoms with van der Waals surface area (Å²) in [5.41, 5.74) is 0.669. The van der Waals surface area contributed by atoms with Crippen molar-refractivity contribution in [1.82, 2.24) is 9.78 Å². The van der Waals surface area contributed by atoms with E-state index in [9.17, 15) is 4.79 Å². The highest BCUT2D eigenvalue weighted by Gasteiger charge is 2.15. The largest absolute Gasteiger partial charge is 0.484 e. The third-order valence-electron chi connectivity index (χ3n) is 3.69. The van der Waals surface area contributed by atoms with Crippen LogP contribution in [0.5, 0.6) is 5.75 Å². The first-order chi connectivity index (χ1) is 11.3. The van der Waals surface area contributed by atoms with Gasteiger partial charge in [-0.2, -0.15) is 5.10 Å². The molecule has 1 aliphatic heterocycles. The Morgan fingerprint density at radius 3 is 3.00 bits per heavy atom. The van der Waals surface area contributed by atoms with E-state index >= 15 is 0 Å². The van der Waals surface area contributed by atoms with Crippen LogP contribution in [0.1, 0.15) is 19.3 Å². The average molecular weight is 315 g/mol. The maximum atomic E-state index is 11.9. The Morgan fingerprint density at radius 2 is 2.22 bits per heavy atom. The molecule has 2 aromatic rings. The van der Waals surface area contributed by atoms with Crippen molar-refractivity contribution in [2.24, 2.45) is 0 Å². The molecule has 1 aromatic carbocycles. The lowest BCUT2D eigenvalue weighted by Crippen LogP contribution is -2.24. The van der Waals surface area contributed by atoms with Crippen molar-refractivity contribution in [3.05, 3.63) is 42.7 Å². The summed E-state index contributed by atoms with van der Waals surface area (Å²) >= 11 is 0. The van der Waals surface area contributed by atoms with Gasteiger partial charge in [0.05, 0.1) is 24.5 Å². The van der Waals surface area contributed by atoms with Gasteiger partial charge in [0.1, 0.15) is 5.75 Å². The number of aromatic nitrogens is 2. The summed E-state index contributed by atoms with van der Waals surface area (Å²) in [5.74, 6) is 0.468. The monoisotopic (exact) mass is 315 g/mol. The van der Waals surface area contributed by atoms with Crippen LogP contribution in [0.15, 0.2) is 42.7 Å². The van der Waals surface area contributed by atoms with E-state index < -0.39 is 0 Å². The number of hydrogen-bond acceptors (Lipinski definition) is 4. The number of benzene rings is 1. The molecular formula is C17H21N3O3. The Bertz CT molecular complexity index is 621. The zero-order valence-corrected chi connectivity index (χ0v) is 13.0. The lowest BCUT2D eigenvalue weighted by molar-refractivity contribution is -0.118. The third-order valence-corrected chi connectivity index (χ3v) is 3.69. The molecule has 0 bridgehead atoms. The van der Waals surface area contributed by atoms with E-state index in [4.69, 9.17) is 9.47 Å². The molecular weight excluding hydrogens is 294 g/mol. The highest BCUT2D eigenvalue weighted by Crippen LogP contribution is 2.15. The van der Waals surface area contributed by atoms with Crippen molar-refractivity contribution in [3.63, 3.8) is 0 Å². The summed E-state index contributed by atoms with van der Waals surface area (Å²) in [4.78, 5) is 11.9. The van der Waals surface area contributed by atoms with E-state index in [1.165, 1.54) is 6.42 Å². The van der Waals surface area contributed by atoms with Crippen molar-refractivity contribution < 1.29 is 14.3 Å². The summed E-state index contributed by atoms with van der Waals surface area (Å²) in [5, 5.41) is 7.04. The molecule has 6 heteroatoms. The van der Waals surface area contributed by atoms with Gasteiger partial charge in [-0.25, -0.2) is 0 Å². The zero-order valence-electron chi connectivity index (χ0n) is 13.0. The molecule has 1 N–H and O–H groups in total. The van der Waals surface area contributed by atoms with Gasteiger partial charge in [0.2, 0.25) is 0 Å². The summed E-state index contributed by atoms with van der Waals surface area (Å²) in [6.07, 6.45) is 7.08. The molecule has 0 aliphatic carbocycles. The number of carbonyl (C=O) groups is 1. The van der Waals surface area contributed by atoms with Crippen LogP contribution < -0.4 is 10.1 Å². The van der Waals surface area contributed by atoms with Gasteiger partial charge >= 0.3 is 0 Å². The van der Waals surface area contributed by atoms with E-state index in [2.05, 4.69) is 10.4 Å². The lowest BCUT2D eigenvalue weighted by atomic mass is 10.1. The van der Waals surface area contributed by atoms with Crippen LogP contribution in [0.2, 0.25) is 0 Å². The molecule has 1 saturated heterocycles. The molecule has 1 fully saturated rings. The molecule has 0 radical (unpaired) electrons. The highest BCUT2D eigenvalue weighted by atomic mass is 16.5. The predicted molar refractivity (Wildman–Crippen MR) is 86.4 cm³/mol. The molecule has 122 valence electrons. The van der Waals surface area contributed by atoms with E-state index in [0.717, 1.165) is 26.0 Å². The Morgan fingerprint density at radius 1 is 1.35 bits per heavy atom. The molecule has 2 heterocycles. The van der Waals surface area contributed by atoms with Crippen LogP contribution in [0, 0.1) is 0 Å². The van der Waals surface area contributed by atoms with Gasteiger partial charge in [0.15, 0.2) is 6.61 Å². The van der Waals surface area contributed by atoms with Gasteiger partial charge in [-0.1, -0.05) is 18.2 Å². The Balaban J connectivity index is 1.45. The number of nitrogens with zero attached hydrogens (tertiary/aromatic N) is 2. The van der Waals surface area contributed by atoms with Crippen LogP contribution >= 0.6 is 0 Å². The van der Waals surface area contributed by atoms with Crippen molar-refractivity contribution in [1.29, 1.82) is 0 Å². The smallest absolute Gasteiger partial charge is 0.262 e. The van der Waals surface area contributed by atoms with Gasteiger partial charge in [-0.15, -0.1) is 0 Å². The topological polar surface area (TPSA) is 65.4 Å². The van der Waals surface area contributed by atoms with E-state index in [1.54, 1.807) is 6.20 Å². The first-order valence-corrected chi connectivity index (χ1v) is 7.91. The van der Waals surface area contributed by atoms with Crippen LogP contribution in [0.25, 0.3) is 0 Å². The molecule has 3 rings (SSSR count). The normalized spacial score (nSPS) is 17.7. The number of para-hydroxylation sites is 1. The fraction of sp³-hybridized carbons (Fsp3) is 0.412. The average Bonchev–Trinajstić information content (AvgIpc) is 3.02. The van der Waals surface area contributed by atoms with E-state index in [-0.39, 0.29) is 18.6 Å². The summed E-state index contributed by atoms with van der Waals surface area (Å²) in [6.45, 7) is 1.52. The first kappa shape index (κ1) is 15.6. The van der Waals surface area contributed by atoms with Gasteiger partial charge in [-0.3, -0.25) is 9.48 Å². The number of rotatable bonds is 6. The minimum Gasteiger partial charge on any atom is -0.484 e. The maximum Gasteiger partial charge on any atom is 0.262 e. The number of ether oxygens (including phenoxy) is 2. The standard InChI is InChI=1S/C17H21N3O3/c21-17(13-23-15-6-2-1-3-7-15)19-14-10-18-20(11-14)12-16-8-4-5-9-22-16/h1-3,6-7,10-11,16H,4-5,8-9,12-13H2,(H,19,21). The van der Waals surface area contributed by atoms with Gasteiger partial charge in [0, 0.05) is 12.8 Å². The zero-order chi connectivity index (χ0) is 15.9. The van der Waals surface area contributed by atoms with Crippen molar-refractivity contribution in [2.75, 3.05) is 18.5 Å². The number of carbonyl (C=O) groups excluding carboxylic acids is 1. The van der Waals surface area contributed by atoms with Crippen LogP contribution in [0.4, 0.5) is 5.69 Å². The minimum absolute atomic E-state index is 0.0269. The van der Waals surface area contributed by atoms with Gasteiger partial charge in [0.25, 0.3) is 5.91 Å². The molecule has 6 nitrogen and oxygen atoms in total. The second kappa shape index (κ2) is 7.78. The fourth-order valence-electron chi connectivity index (χ4n) is 2.55. The van der Waals surface area contributed by atoms with Crippen LogP contribution in [0.3, 0.4) is 0 Å². The summed E-state index contributed by atoms with van der Waals surface area (Å²) in [7, 11) is 0. The second-order valence-corrected chi connectivity index (χ2v) is 5.59. The molecule has 1 unspecified atom stereocenters. The predicted octanol–water partition coefficient (Wildman–Crippen LogP) is 2.47. The summed E-state index contributed by atoms with van der Waals surface area (Å²) < 4.78 is 12.9. The quantitative estimate of drug-likeness (QED) is 0.889. The minimum atomic E-state index is -0.206. The molecule has 0 spiro atoms. The highest BCUT2D eigenvalue weighted by molar-refractivity contribution is 5.91. The van der Waals surface area contributed by atoms with E-state index in [0.29, 0.717) is 11.4 Å². The lowest BCUT2D eigenvalue weighted by Gasteiger charge is -2.22. The molecule has 23 heavy (non-hydrogen) atoms. The Hall–Kier alpha value is -2.34. The van der Waals surface area contributed by atoms with Crippen LogP contribution in [-0.2, 0) is 16.1 Å². The summed E-state index contributed by atoms with van der Waals surface area (Å²) in [6, 6.07) is 9.26. The molecule has 1 amide bonds. The maximum absolute atomic E-state index is 11.9. The van der Waals surface area contributed by atoms with Crippen LogP contribution in [-0.4, -0.2) is 35.0 Å². The van der Waals surface area contributed by atoms with Crippen molar-refractivity contribution >= 4 is 11.6 Å². The number of hydrogen-bond donors (Lipinski definition) is 1. The van der Waals surface area contributed by atoms with Crippen molar-refractivity contribution in [3.8, 4) is 5.75 Å². The molecule has 0 saturated carbocycles. The van der Waals surface area contributed by atoms with E-state index in [1.807, 2.05) is 41.2 Å². The fourth-order valence-corrected chi connectivity index (χ4v) is 2.55. The SMILES string of the molecule is O=C(COc1ccccc1)Nc1cnn(CC2CCCCO2)c1. The number of nitrogens with one attached hydrogen (secondary N) is 1. The molecule has 1 aromatic heterocycles.